The molecule has 0 unspecified atom stereocenters. The molecule has 1 aromatic carbocycles. The quantitative estimate of drug-likeness (QED) is 0.816. The fourth-order valence-corrected chi connectivity index (χ4v) is 2.39. The molecule has 0 aliphatic rings. The largest absolute Gasteiger partial charge is 0.397 e. The predicted molar refractivity (Wildman–Crippen MR) is 74.4 cm³/mol. The lowest BCUT2D eigenvalue weighted by Crippen LogP contribution is -2.02. The maximum atomic E-state index is 5.91. The van der Waals surface area contributed by atoms with E-state index in [0.29, 0.717) is 0 Å². The van der Waals surface area contributed by atoms with Crippen molar-refractivity contribution in [3.63, 3.8) is 0 Å². The normalized spacial score (nSPS) is 10.5. The number of nitrogens with one attached hydrogen (secondary N) is 1. The topological polar surface area (TPSA) is 50.9 Å². The van der Waals surface area contributed by atoms with Crippen LogP contribution in [0.3, 0.4) is 0 Å². The van der Waals surface area contributed by atoms with Crippen LogP contribution >= 0.6 is 11.3 Å². The van der Waals surface area contributed by atoms with Crippen LogP contribution in [0.5, 0.6) is 0 Å². The predicted octanol–water partition coefficient (Wildman–Crippen LogP) is 3.21. The number of nitrogens with zero attached hydrogens (tertiary/aromatic N) is 1. The van der Waals surface area contributed by atoms with Crippen molar-refractivity contribution in [3.05, 3.63) is 39.8 Å². The molecular weight excluding hydrogens is 230 g/mol. The molecule has 3 N–H and O–H groups in total. The molecule has 1 aromatic heterocycles. The standard InChI is InChI=1S/C13H17N3S/c1-3-10-7-16-13(17-10)8-15-12-6-9(2)4-5-11(12)14/h4-7,15H,3,8,14H2,1-2H3. The number of hydrogen-bond acceptors (Lipinski definition) is 4. The van der Waals surface area contributed by atoms with Gasteiger partial charge in [0.25, 0.3) is 0 Å². The van der Waals surface area contributed by atoms with Crippen molar-refractivity contribution in [3.8, 4) is 0 Å². The first-order valence-corrected chi connectivity index (χ1v) is 6.54. The van der Waals surface area contributed by atoms with Gasteiger partial charge in [0.1, 0.15) is 5.01 Å². The molecule has 0 saturated heterocycles. The molecule has 0 radical (unpaired) electrons. The van der Waals surface area contributed by atoms with E-state index < -0.39 is 0 Å². The van der Waals surface area contributed by atoms with Crippen molar-refractivity contribution >= 4 is 22.7 Å². The highest BCUT2D eigenvalue weighted by molar-refractivity contribution is 7.11. The number of hydrogen-bond donors (Lipinski definition) is 2. The summed E-state index contributed by atoms with van der Waals surface area (Å²) in [5.41, 5.74) is 8.87. The second kappa shape index (κ2) is 5.19. The molecule has 2 rings (SSSR count). The summed E-state index contributed by atoms with van der Waals surface area (Å²) in [5, 5.41) is 4.43. The van der Waals surface area contributed by atoms with Gasteiger partial charge in [0.05, 0.1) is 17.9 Å². The Hall–Kier alpha value is -1.55. The van der Waals surface area contributed by atoms with Gasteiger partial charge in [-0.2, -0.15) is 0 Å². The Bertz CT molecular complexity index is 505. The van der Waals surface area contributed by atoms with Gasteiger partial charge in [-0.3, -0.25) is 0 Å². The van der Waals surface area contributed by atoms with E-state index in [-0.39, 0.29) is 0 Å². The van der Waals surface area contributed by atoms with Crippen LogP contribution in [0.4, 0.5) is 11.4 Å². The van der Waals surface area contributed by atoms with E-state index in [2.05, 4.69) is 30.2 Å². The molecule has 1 heterocycles. The van der Waals surface area contributed by atoms with Gasteiger partial charge in [0.2, 0.25) is 0 Å². The molecule has 3 nitrogen and oxygen atoms in total. The summed E-state index contributed by atoms with van der Waals surface area (Å²) in [6, 6.07) is 6.00. The number of thiazole rings is 1. The lowest BCUT2D eigenvalue weighted by Gasteiger charge is -2.08. The molecule has 17 heavy (non-hydrogen) atoms. The van der Waals surface area contributed by atoms with Gasteiger partial charge in [-0.05, 0) is 31.0 Å². The summed E-state index contributed by atoms with van der Waals surface area (Å²) in [6.07, 6.45) is 2.99. The SMILES string of the molecule is CCc1cnc(CNc2cc(C)ccc2N)s1. The van der Waals surface area contributed by atoms with E-state index in [9.17, 15) is 0 Å². The minimum atomic E-state index is 0.734. The third-order valence-corrected chi connectivity index (χ3v) is 3.73. The number of nitrogen functional groups attached to an aromatic ring is 1. The molecule has 90 valence electrons. The molecule has 0 saturated carbocycles. The number of rotatable bonds is 4. The Labute approximate surface area is 106 Å². The highest BCUT2D eigenvalue weighted by atomic mass is 32.1. The number of anilines is 2. The maximum Gasteiger partial charge on any atom is 0.112 e. The number of nitrogens with two attached hydrogens (primary N) is 1. The third-order valence-electron chi connectivity index (χ3n) is 2.59. The first-order valence-electron chi connectivity index (χ1n) is 5.72. The van der Waals surface area contributed by atoms with Crippen LogP contribution in [0.2, 0.25) is 0 Å². The minimum Gasteiger partial charge on any atom is -0.397 e. The van der Waals surface area contributed by atoms with Crippen LogP contribution in [-0.4, -0.2) is 4.98 Å². The molecule has 0 spiro atoms. The van der Waals surface area contributed by atoms with Crippen LogP contribution < -0.4 is 11.1 Å². The van der Waals surface area contributed by atoms with E-state index in [1.807, 2.05) is 18.3 Å². The van der Waals surface area contributed by atoms with Gasteiger partial charge in [-0.1, -0.05) is 13.0 Å². The van der Waals surface area contributed by atoms with Gasteiger partial charge in [-0.25, -0.2) is 4.98 Å². The Kier molecular flexibility index (Phi) is 3.64. The second-order valence-corrected chi connectivity index (χ2v) is 5.22. The van der Waals surface area contributed by atoms with E-state index in [0.717, 1.165) is 29.3 Å². The van der Waals surface area contributed by atoms with Crippen LogP contribution in [0.25, 0.3) is 0 Å². The van der Waals surface area contributed by atoms with E-state index in [4.69, 9.17) is 5.73 Å². The Morgan fingerprint density at radius 1 is 1.41 bits per heavy atom. The smallest absolute Gasteiger partial charge is 0.112 e. The van der Waals surface area contributed by atoms with Crippen LogP contribution in [-0.2, 0) is 13.0 Å². The zero-order valence-corrected chi connectivity index (χ0v) is 11.0. The molecule has 0 fully saturated rings. The zero-order chi connectivity index (χ0) is 12.3. The van der Waals surface area contributed by atoms with Gasteiger partial charge < -0.3 is 11.1 Å². The van der Waals surface area contributed by atoms with Gasteiger partial charge in [0, 0.05) is 11.1 Å². The average Bonchev–Trinajstić information content (AvgIpc) is 2.78. The summed E-state index contributed by atoms with van der Waals surface area (Å²) in [5.74, 6) is 0. The molecule has 0 amide bonds. The van der Waals surface area contributed by atoms with Gasteiger partial charge >= 0.3 is 0 Å². The minimum absolute atomic E-state index is 0.734. The second-order valence-electron chi connectivity index (χ2n) is 4.02. The van der Waals surface area contributed by atoms with Crippen molar-refractivity contribution in [2.75, 3.05) is 11.1 Å². The van der Waals surface area contributed by atoms with Crippen molar-refractivity contribution in [1.82, 2.24) is 4.98 Å². The molecular formula is C13H17N3S. The molecule has 0 bridgehead atoms. The first kappa shape index (κ1) is 11.9. The third kappa shape index (κ3) is 2.97. The summed E-state index contributed by atoms with van der Waals surface area (Å²) < 4.78 is 0. The molecule has 0 aliphatic carbocycles. The summed E-state index contributed by atoms with van der Waals surface area (Å²) >= 11 is 1.75. The van der Waals surface area contributed by atoms with Crippen molar-refractivity contribution in [1.29, 1.82) is 0 Å². The van der Waals surface area contributed by atoms with Crippen LogP contribution in [0.1, 0.15) is 22.4 Å². The summed E-state index contributed by atoms with van der Waals surface area (Å²) in [7, 11) is 0. The van der Waals surface area contributed by atoms with Crippen molar-refractivity contribution in [2.45, 2.75) is 26.8 Å². The van der Waals surface area contributed by atoms with E-state index in [1.165, 1.54) is 10.4 Å². The fraction of sp³-hybridized carbons (Fsp3) is 0.308. The number of benzene rings is 1. The van der Waals surface area contributed by atoms with Crippen molar-refractivity contribution in [2.24, 2.45) is 0 Å². The van der Waals surface area contributed by atoms with Crippen molar-refractivity contribution < 1.29 is 0 Å². The van der Waals surface area contributed by atoms with Crippen LogP contribution in [0.15, 0.2) is 24.4 Å². The zero-order valence-electron chi connectivity index (χ0n) is 10.2. The Morgan fingerprint density at radius 3 is 2.94 bits per heavy atom. The maximum absolute atomic E-state index is 5.91. The summed E-state index contributed by atoms with van der Waals surface area (Å²) in [6.45, 7) is 4.94. The molecule has 2 aromatic rings. The van der Waals surface area contributed by atoms with E-state index >= 15 is 0 Å². The first-order chi connectivity index (χ1) is 8.19. The Balaban J connectivity index is 2.04. The molecule has 0 aliphatic heterocycles. The number of aryl methyl sites for hydroxylation is 2. The summed E-state index contributed by atoms with van der Waals surface area (Å²) in [4.78, 5) is 5.69. The fourth-order valence-electron chi connectivity index (χ4n) is 1.59. The monoisotopic (exact) mass is 247 g/mol. The van der Waals surface area contributed by atoms with Crippen LogP contribution in [0, 0.1) is 6.92 Å². The Morgan fingerprint density at radius 2 is 2.24 bits per heavy atom. The average molecular weight is 247 g/mol. The lowest BCUT2D eigenvalue weighted by molar-refractivity contribution is 1.09. The molecule has 0 atom stereocenters. The number of aromatic nitrogens is 1. The van der Waals surface area contributed by atoms with Gasteiger partial charge in [-0.15, -0.1) is 11.3 Å². The lowest BCUT2D eigenvalue weighted by atomic mass is 10.2. The van der Waals surface area contributed by atoms with E-state index in [1.54, 1.807) is 11.3 Å². The molecule has 4 heteroatoms. The van der Waals surface area contributed by atoms with Gasteiger partial charge in [0.15, 0.2) is 0 Å². The highest BCUT2D eigenvalue weighted by Gasteiger charge is 2.02. The highest BCUT2D eigenvalue weighted by Crippen LogP contribution is 2.21.